The van der Waals surface area contributed by atoms with E-state index in [0.29, 0.717) is 11.6 Å². The molecule has 0 radical (unpaired) electrons. The molecule has 204 valence electrons. The third kappa shape index (κ3) is 5.62. The second-order valence-corrected chi connectivity index (χ2v) is 10.9. The fraction of sp³-hybridized carbons (Fsp3) is 0.517. The first-order valence-electron chi connectivity index (χ1n) is 14.1. The number of nitrogens with zero attached hydrogens (tertiary/aromatic N) is 8. The molecule has 10 heteroatoms. The Morgan fingerprint density at radius 1 is 0.949 bits per heavy atom. The lowest BCUT2D eigenvalue weighted by Gasteiger charge is -2.42. The van der Waals surface area contributed by atoms with Gasteiger partial charge in [-0.15, -0.1) is 0 Å². The summed E-state index contributed by atoms with van der Waals surface area (Å²) >= 11 is 0. The lowest BCUT2D eigenvalue weighted by molar-refractivity contribution is -0.0327. The fourth-order valence-electron chi connectivity index (χ4n) is 6.08. The van der Waals surface area contributed by atoms with Gasteiger partial charge in [-0.2, -0.15) is 10.2 Å². The minimum atomic E-state index is 0.110. The molecule has 2 atom stereocenters. The van der Waals surface area contributed by atoms with Gasteiger partial charge in [0.05, 0.1) is 23.3 Å². The molecule has 3 aliphatic heterocycles. The number of piperidine rings is 1. The maximum Gasteiger partial charge on any atom is 0.227 e. The van der Waals surface area contributed by atoms with Gasteiger partial charge in [0.15, 0.2) is 0 Å². The number of piperazine rings is 1. The van der Waals surface area contributed by atoms with Crippen LogP contribution in [0.1, 0.15) is 25.3 Å². The Hall–Kier alpha value is -3.52. The van der Waals surface area contributed by atoms with Crippen LogP contribution in [0.4, 0.5) is 17.5 Å². The van der Waals surface area contributed by atoms with Gasteiger partial charge in [-0.05, 0) is 50.1 Å². The van der Waals surface area contributed by atoms with Crippen molar-refractivity contribution in [1.82, 2.24) is 19.9 Å². The zero-order valence-corrected chi connectivity index (χ0v) is 22.6. The SMILES string of the molecule is C[C@@H]1CN(c2ccc(C#N)c3ncccc23)C[C@H](CN2CCN(c3ccnc(N4CCC(N)CC4)n3)CC2)O1. The molecular formula is C29H37N9O. The number of ether oxygens (including phenoxy) is 1. The summed E-state index contributed by atoms with van der Waals surface area (Å²) in [6, 6.07) is 12.5. The first kappa shape index (κ1) is 25.7. The molecule has 3 aliphatic rings. The van der Waals surface area contributed by atoms with Gasteiger partial charge in [-0.3, -0.25) is 9.88 Å². The van der Waals surface area contributed by atoms with Crippen LogP contribution in [0.5, 0.6) is 0 Å². The Kier molecular flexibility index (Phi) is 7.46. The summed E-state index contributed by atoms with van der Waals surface area (Å²) in [5, 5.41) is 10.6. The highest BCUT2D eigenvalue weighted by Crippen LogP contribution is 2.30. The molecule has 3 saturated heterocycles. The molecule has 0 saturated carbocycles. The van der Waals surface area contributed by atoms with Crippen LogP contribution < -0.4 is 20.4 Å². The predicted molar refractivity (Wildman–Crippen MR) is 153 cm³/mol. The zero-order valence-electron chi connectivity index (χ0n) is 22.6. The monoisotopic (exact) mass is 527 g/mol. The number of nitrogens with two attached hydrogens (primary N) is 1. The molecule has 2 aromatic heterocycles. The highest BCUT2D eigenvalue weighted by Gasteiger charge is 2.30. The van der Waals surface area contributed by atoms with E-state index in [4.69, 9.17) is 15.5 Å². The molecule has 10 nitrogen and oxygen atoms in total. The first-order valence-corrected chi connectivity index (χ1v) is 14.1. The summed E-state index contributed by atoms with van der Waals surface area (Å²) in [6.07, 6.45) is 5.85. The Morgan fingerprint density at radius 3 is 2.56 bits per heavy atom. The lowest BCUT2D eigenvalue weighted by Crippen LogP contribution is -2.54. The average molecular weight is 528 g/mol. The van der Waals surface area contributed by atoms with Crippen LogP contribution in [0, 0.1) is 11.3 Å². The molecule has 2 N–H and O–H groups in total. The Morgan fingerprint density at radius 2 is 1.77 bits per heavy atom. The number of fused-ring (bicyclic) bond motifs is 1. The molecule has 3 fully saturated rings. The summed E-state index contributed by atoms with van der Waals surface area (Å²) in [6.45, 7) is 10.3. The fourth-order valence-corrected chi connectivity index (χ4v) is 6.08. The van der Waals surface area contributed by atoms with E-state index in [9.17, 15) is 5.26 Å². The quantitative estimate of drug-likeness (QED) is 0.530. The van der Waals surface area contributed by atoms with E-state index < -0.39 is 0 Å². The molecule has 0 aliphatic carbocycles. The molecule has 0 spiro atoms. The smallest absolute Gasteiger partial charge is 0.227 e. The molecule has 0 bridgehead atoms. The molecule has 0 unspecified atom stereocenters. The van der Waals surface area contributed by atoms with Crippen LogP contribution in [0.15, 0.2) is 42.7 Å². The number of rotatable bonds is 5. The summed E-state index contributed by atoms with van der Waals surface area (Å²) < 4.78 is 6.40. The van der Waals surface area contributed by atoms with Gasteiger partial charge in [-0.1, -0.05) is 0 Å². The normalized spacial score (nSPS) is 23.3. The van der Waals surface area contributed by atoms with Crippen LogP contribution >= 0.6 is 0 Å². The van der Waals surface area contributed by atoms with Gasteiger partial charge >= 0.3 is 0 Å². The van der Waals surface area contributed by atoms with E-state index >= 15 is 0 Å². The summed E-state index contributed by atoms with van der Waals surface area (Å²) in [7, 11) is 0. The number of anilines is 3. The highest BCUT2D eigenvalue weighted by atomic mass is 16.5. The van der Waals surface area contributed by atoms with Crippen molar-refractivity contribution in [3.05, 3.63) is 48.3 Å². The zero-order chi connectivity index (χ0) is 26.8. The minimum absolute atomic E-state index is 0.110. The largest absolute Gasteiger partial charge is 0.370 e. The number of hydrogen-bond acceptors (Lipinski definition) is 10. The molecule has 0 amide bonds. The highest BCUT2D eigenvalue weighted by molar-refractivity contribution is 5.95. The molecule has 6 rings (SSSR count). The summed E-state index contributed by atoms with van der Waals surface area (Å²) in [5.41, 5.74) is 8.57. The van der Waals surface area contributed by atoms with E-state index in [1.807, 2.05) is 24.4 Å². The van der Waals surface area contributed by atoms with Crippen LogP contribution in [-0.2, 0) is 4.74 Å². The van der Waals surface area contributed by atoms with Crippen molar-refractivity contribution in [2.45, 2.75) is 38.0 Å². The van der Waals surface area contributed by atoms with Crippen molar-refractivity contribution >= 4 is 28.4 Å². The average Bonchev–Trinajstić information content (AvgIpc) is 2.97. The van der Waals surface area contributed by atoms with Gasteiger partial charge in [0.2, 0.25) is 5.95 Å². The van der Waals surface area contributed by atoms with Crippen molar-refractivity contribution < 1.29 is 4.74 Å². The molecule has 1 aromatic carbocycles. The van der Waals surface area contributed by atoms with Gasteiger partial charge in [-0.25, -0.2) is 4.98 Å². The van der Waals surface area contributed by atoms with Crippen LogP contribution in [0.3, 0.4) is 0 Å². The van der Waals surface area contributed by atoms with Crippen molar-refractivity contribution in [2.75, 3.05) is 73.6 Å². The predicted octanol–water partition coefficient (Wildman–Crippen LogP) is 2.24. The number of aromatic nitrogens is 3. The number of pyridine rings is 1. The maximum atomic E-state index is 9.53. The molecule has 5 heterocycles. The van der Waals surface area contributed by atoms with Crippen LogP contribution in [0.2, 0.25) is 0 Å². The second kappa shape index (κ2) is 11.3. The summed E-state index contributed by atoms with van der Waals surface area (Å²) in [5.74, 6) is 1.82. The van der Waals surface area contributed by atoms with Gasteiger partial charge in [0.25, 0.3) is 0 Å². The van der Waals surface area contributed by atoms with Crippen molar-refractivity contribution in [1.29, 1.82) is 5.26 Å². The van der Waals surface area contributed by atoms with Gasteiger partial charge in [0, 0.05) is 88.4 Å². The topological polar surface area (TPSA) is 111 Å². The lowest BCUT2D eigenvalue weighted by atomic mass is 10.1. The van der Waals surface area contributed by atoms with E-state index in [1.54, 1.807) is 6.20 Å². The standard InChI is InChI=1S/C29H37N9O/c1-21-18-38(26-5-4-22(17-30)28-25(26)3-2-9-32-28)20-24(39-21)19-35-13-15-36(16-14-35)27-6-10-33-29(34-27)37-11-7-23(31)8-12-37/h2-6,9-10,21,23-24H,7-8,11-16,18-20,31H2,1H3/t21-,24+/m1/s1. The van der Waals surface area contributed by atoms with Crippen molar-refractivity contribution in [3.63, 3.8) is 0 Å². The number of nitriles is 1. The second-order valence-electron chi connectivity index (χ2n) is 10.9. The van der Waals surface area contributed by atoms with E-state index in [2.05, 4.69) is 54.7 Å². The van der Waals surface area contributed by atoms with Crippen molar-refractivity contribution in [2.24, 2.45) is 5.73 Å². The molecular weight excluding hydrogens is 490 g/mol. The molecule has 39 heavy (non-hydrogen) atoms. The minimum Gasteiger partial charge on any atom is -0.370 e. The third-order valence-corrected chi connectivity index (χ3v) is 8.14. The third-order valence-electron chi connectivity index (χ3n) is 8.14. The Balaban J connectivity index is 1.08. The molecule has 3 aromatic rings. The van der Waals surface area contributed by atoms with E-state index in [1.165, 1.54) is 0 Å². The summed E-state index contributed by atoms with van der Waals surface area (Å²) in [4.78, 5) is 23.5. The van der Waals surface area contributed by atoms with Crippen LogP contribution in [-0.4, -0.2) is 97.0 Å². The Labute approximate surface area is 230 Å². The number of morpholine rings is 1. The Bertz CT molecular complexity index is 1330. The maximum absolute atomic E-state index is 9.53. The van der Waals surface area contributed by atoms with Gasteiger partial charge in [0.1, 0.15) is 11.9 Å². The number of benzene rings is 1. The van der Waals surface area contributed by atoms with Crippen LogP contribution in [0.25, 0.3) is 10.9 Å². The van der Waals surface area contributed by atoms with E-state index in [0.717, 1.165) is 100 Å². The number of hydrogen-bond donors (Lipinski definition) is 1. The van der Waals surface area contributed by atoms with Gasteiger partial charge < -0.3 is 25.2 Å². The van der Waals surface area contributed by atoms with E-state index in [-0.39, 0.29) is 12.2 Å². The first-order chi connectivity index (χ1) is 19.1. The van der Waals surface area contributed by atoms with Crippen molar-refractivity contribution in [3.8, 4) is 6.07 Å².